The molecule has 1 N–H and O–H groups in total. The average Bonchev–Trinajstić information content (AvgIpc) is 2.46. The third-order valence-electron chi connectivity index (χ3n) is 4.00. The summed E-state index contributed by atoms with van der Waals surface area (Å²) in [5.41, 5.74) is 2.52. The van der Waals surface area contributed by atoms with E-state index in [1.807, 2.05) is 24.3 Å². The Labute approximate surface area is 117 Å². The van der Waals surface area contributed by atoms with Crippen molar-refractivity contribution >= 4 is 11.7 Å². The highest BCUT2D eigenvalue weighted by Gasteiger charge is 2.35. The molecule has 0 unspecified atom stereocenters. The molecule has 104 valence electrons. The SMILES string of the molecule is COc1ccccc1[C@H]1CC(=O)NC2=C1C(=O)CCC2. The summed E-state index contributed by atoms with van der Waals surface area (Å²) in [6.45, 7) is 0. The van der Waals surface area contributed by atoms with Gasteiger partial charge in [-0.1, -0.05) is 18.2 Å². The molecule has 0 saturated heterocycles. The van der Waals surface area contributed by atoms with Crippen LogP contribution >= 0.6 is 0 Å². The Kier molecular flexibility index (Phi) is 3.30. The van der Waals surface area contributed by atoms with Crippen molar-refractivity contribution in [2.45, 2.75) is 31.6 Å². The Bertz CT molecular complexity index is 603. The Morgan fingerprint density at radius 3 is 2.80 bits per heavy atom. The number of carbonyl (C=O) groups excluding carboxylic acids is 2. The minimum Gasteiger partial charge on any atom is -0.496 e. The first-order valence-corrected chi connectivity index (χ1v) is 6.89. The largest absolute Gasteiger partial charge is 0.496 e. The topological polar surface area (TPSA) is 55.4 Å². The van der Waals surface area contributed by atoms with E-state index < -0.39 is 0 Å². The number of hydrogen-bond acceptors (Lipinski definition) is 3. The molecule has 0 bridgehead atoms. The van der Waals surface area contributed by atoms with Crippen LogP contribution in [0.5, 0.6) is 5.75 Å². The second-order valence-electron chi connectivity index (χ2n) is 5.22. The lowest BCUT2D eigenvalue weighted by Gasteiger charge is -2.31. The zero-order valence-corrected chi connectivity index (χ0v) is 11.4. The number of para-hydroxylation sites is 1. The summed E-state index contributed by atoms with van der Waals surface area (Å²) in [4.78, 5) is 24.2. The number of carbonyl (C=O) groups is 2. The maximum absolute atomic E-state index is 12.3. The molecular formula is C16H17NO3. The van der Waals surface area contributed by atoms with Crippen LogP contribution in [0.4, 0.5) is 0 Å². The van der Waals surface area contributed by atoms with Crippen molar-refractivity contribution in [3.8, 4) is 5.75 Å². The van der Waals surface area contributed by atoms with Crippen LogP contribution in [0, 0.1) is 0 Å². The van der Waals surface area contributed by atoms with Crippen LogP contribution < -0.4 is 10.1 Å². The Morgan fingerprint density at radius 2 is 2.00 bits per heavy atom. The lowest BCUT2D eigenvalue weighted by Crippen LogP contribution is -2.36. The molecule has 3 rings (SSSR count). The van der Waals surface area contributed by atoms with Crippen molar-refractivity contribution < 1.29 is 14.3 Å². The first kappa shape index (κ1) is 12.9. The van der Waals surface area contributed by atoms with Crippen LogP contribution in [0.25, 0.3) is 0 Å². The fraction of sp³-hybridized carbons (Fsp3) is 0.375. The number of ether oxygens (including phenoxy) is 1. The van der Waals surface area contributed by atoms with Crippen molar-refractivity contribution in [1.82, 2.24) is 5.32 Å². The highest BCUT2D eigenvalue weighted by Crippen LogP contribution is 2.40. The molecule has 0 radical (unpaired) electrons. The Hall–Kier alpha value is -2.10. The first-order valence-electron chi connectivity index (χ1n) is 6.89. The van der Waals surface area contributed by atoms with Crippen molar-refractivity contribution in [2.75, 3.05) is 7.11 Å². The van der Waals surface area contributed by atoms with Gasteiger partial charge in [0.25, 0.3) is 0 Å². The van der Waals surface area contributed by atoms with Crippen LogP contribution in [0.2, 0.25) is 0 Å². The van der Waals surface area contributed by atoms with E-state index in [-0.39, 0.29) is 17.6 Å². The zero-order valence-electron chi connectivity index (χ0n) is 11.4. The standard InChI is InChI=1S/C16H17NO3/c1-20-14-8-3-2-5-10(14)11-9-15(19)17-12-6-4-7-13(18)16(11)12/h2-3,5,8,11H,4,6-7,9H2,1H3,(H,17,19)/t11-/m1/s1. The molecule has 1 aliphatic carbocycles. The molecule has 4 heteroatoms. The number of ketones is 1. The number of Topliss-reactive ketones (excluding diaryl/α,β-unsaturated/α-hetero) is 1. The maximum Gasteiger partial charge on any atom is 0.225 e. The van der Waals surface area contributed by atoms with Crippen molar-refractivity contribution in [1.29, 1.82) is 0 Å². The summed E-state index contributed by atoms with van der Waals surface area (Å²) >= 11 is 0. The van der Waals surface area contributed by atoms with E-state index in [1.165, 1.54) is 0 Å². The van der Waals surface area contributed by atoms with Gasteiger partial charge < -0.3 is 10.1 Å². The number of nitrogens with one attached hydrogen (secondary N) is 1. The molecule has 0 fully saturated rings. The second kappa shape index (κ2) is 5.12. The molecule has 20 heavy (non-hydrogen) atoms. The van der Waals surface area contributed by atoms with E-state index >= 15 is 0 Å². The van der Waals surface area contributed by atoms with Gasteiger partial charge in [0.05, 0.1) is 7.11 Å². The predicted octanol–water partition coefficient (Wildman–Crippen LogP) is 2.31. The monoisotopic (exact) mass is 271 g/mol. The van der Waals surface area contributed by atoms with Crippen LogP contribution in [0.1, 0.15) is 37.2 Å². The first-order chi connectivity index (χ1) is 9.70. The summed E-state index contributed by atoms with van der Waals surface area (Å²) in [6, 6.07) is 7.62. The van der Waals surface area contributed by atoms with Crippen molar-refractivity contribution in [2.24, 2.45) is 0 Å². The lowest BCUT2D eigenvalue weighted by molar-refractivity contribution is -0.122. The summed E-state index contributed by atoms with van der Waals surface area (Å²) < 4.78 is 5.38. The van der Waals surface area contributed by atoms with Crippen LogP contribution in [-0.4, -0.2) is 18.8 Å². The van der Waals surface area contributed by atoms with E-state index in [9.17, 15) is 9.59 Å². The van der Waals surface area contributed by atoms with Gasteiger partial charge in [0.15, 0.2) is 5.78 Å². The Balaban J connectivity index is 2.11. The van der Waals surface area contributed by atoms with Crippen molar-refractivity contribution in [3.63, 3.8) is 0 Å². The van der Waals surface area contributed by atoms with Gasteiger partial charge >= 0.3 is 0 Å². The lowest BCUT2D eigenvalue weighted by atomic mass is 9.78. The van der Waals surface area contributed by atoms with E-state index in [4.69, 9.17) is 4.74 Å². The summed E-state index contributed by atoms with van der Waals surface area (Å²) in [5, 5.41) is 2.86. The molecule has 0 aromatic heterocycles. The maximum atomic E-state index is 12.3. The molecule has 1 atom stereocenters. The quantitative estimate of drug-likeness (QED) is 0.898. The van der Waals surface area contributed by atoms with E-state index in [0.717, 1.165) is 35.4 Å². The van der Waals surface area contributed by atoms with Crippen molar-refractivity contribution in [3.05, 3.63) is 41.1 Å². The predicted molar refractivity (Wildman–Crippen MR) is 74.4 cm³/mol. The highest BCUT2D eigenvalue weighted by atomic mass is 16.5. The van der Waals surface area contributed by atoms with Crippen LogP contribution in [-0.2, 0) is 9.59 Å². The summed E-state index contributed by atoms with van der Waals surface area (Å²) in [7, 11) is 1.61. The van der Waals surface area contributed by atoms with Gasteiger partial charge in [-0.3, -0.25) is 9.59 Å². The molecule has 2 aliphatic rings. The van der Waals surface area contributed by atoms with Gasteiger partial charge in [-0.25, -0.2) is 0 Å². The molecule has 1 amide bonds. The molecule has 1 aliphatic heterocycles. The van der Waals surface area contributed by atoms with Gasteiger partial charge in [0, 0.05) is 35.6 Å². The van der Waals surface area contributed by atoms with Crippen LogP contribution in [0.3, 0.4) is 0 Å². The number of methoxy groups -OCH3 is 1. The Morgan fingerprint density at radius 1 is 1.20 bits per heavy atom. The van der Waals surface area contributed by atoms with Gasteiger partial charge in [-0.15, -0.1) is 0 Å². The molecule has 1 aromatic rings. The number of allylic oxidation sites excluding steroid dienone is 2. The highest BCUT2D eigenvalue weighted by molar-refractivity contribution is 6.01. The molecule has 0 saturated carbocycles. The third kappa shape index (κ3) is 2.11. The average molecular weight is 271 g/mol. The second-order valence-corrected chi connectivity index (χ2v) is 5.22. The minimum absolute atomic E-state index is 0.0191. The van der Waals surface area contributed by atoms with E-state index in [2.05, 4.69) is 5.32 Å². The van der Waals surface area contributed by atoms with E-state index in [1.54, 1.807) is 7.11 Å². The third-order valence-corrected chi connectivity index (χ3v) is 4.00. The number of hydrogen-bond donors (Lipinski definition) is 1. The smallest absolute Gasteiger partial charge is 0.225 e. The molecule has 4 nitrogen and oxygen atoms in total. The number of benzene rings is 1. The van der Waals surface area contributed by atoms with Gasteiger partial charge in [0.1, 0.15) is 5.75 Å². The van der Waals surface area contributed by atoms with Gasteiger partial charge in [-0.2, -0.15) is 0 Å². The fourth-order valence-electron chi connectivity index (χ4n) is 3.12. The van der Waals surface area contributed by atoms with Gasteiger partial charge in [-0.05, 0) is 18.9 Å². The molecule has 0 spiro atoms. The minimum atomic E-state index is -0.178. The molecular weight excluding hydrogens is 254 g/mol. The normalized spacial score (nSPS) is 22.4. The zero-order chi connectivity index (χ0) is 14.1. The summed E-state index contributed by atoms with van der Waals surface area (Å²) in [5.74, 6) is 0.691. The fourth-order valence-corrected chi connectivity index (χ4v) is 3.12. The number of rotatable bonds is 2. The van der Waals surface area contributed by atoms with Crippen LogP contribution in [0.15, 0.2) is 35.5 Å². The van der Waals surface area contributed by atoms with Gasteiger partial charge in [0.2, 0.25) is 5.91 Å². The van der Waals surface area contributed by atoms with E-state index in [0.29, 0.717) is 12.8 Å². The number of amides is 1. The molecule has 1 heterocycles. The summed E-state index contributed by atoms with van der Waals surface area (Å²) in [6.07, 6.45) is 2.47. The molecule has 1 aromatic carbocycles.